The van der Waals surface area contributed by atoms with Gasteiger partial charge >= 0.3 is 0 Å². The van der Waals surface area contributed by atoms with Gasteiger partial charge in [0, 0.05) is 36.4 Å². The topological polar surface area (TPSA) is 47.5 Å². The van der Waals surface area contributed by atoms with E-state index in [1.54, 1.807) is 17.5 Å². The third-order valence-corrected chi connectivity index (χ3v) is 5.44. The van der Waals surface area contributed by atoms with Crippen LogP contribution in [-0.4, -0.2) is 46.8 Å². The maximum absolute atomic E-state index is 6.00. The highest BCUT2D eigenvalue weighted by Gasteiger charge is 2.41. The number of ether oxygens (including phenoxy) is 2. The van der Waals surface area contributed by atoms with E-state index in [1.807, 2.05) is 29.8 Å². The summed E-state index contributed by atoms with van der Waals surface area (Å²) in [7, 11) is 0. The lowest BCUT2D eigenvalue weighted by atomic mass is 10.1. The zero-order valence-corrected chi connectivity index (χ0v) is 13.8. The molecule has 122 valence electrons. The molecule has 0 bridgehead atoms. The van der Waals surface area contributed by atoms with Crippen LogP contribution in [0, 0.1) is 5.92 Å². The lowest BCUT2D eigenvalue weighted by molar-refractivity contribution is -0.0590. The first-order chi connectivity index (χ1) is 11.4. The molecule has 5 nitrogen and oxygen atoms in total. The van der Waals surface area contributed by atoms with E-state index in [-0.39, 0.29) is 0 Å². The van der Waals surface area contributed by atoms with Gasteiger partial charge in [0.1, 0.15) is 5.01 Å². The molecule has 0 spiro atoms. The van der Waals surface area contributed by atoms with Gasteiger partial charge in [-0.1, -0.05) is 6.07 Å². The van der Waals surface area contributed by atoms with Gasteiger partial charge in [-0.05, 0) is 24.8 Å². The summed E-state index contributed by atoms with van der Waals surface area (Å²) in [5.74, 6) is 1.24. The maximum atomic E-state index is 6.00. The largest absolute Gasteiger partial charge is 0.477 e. The molecule has 6 heteroatoms. The summed E-state index contributed by atoms with van der Waals surface area (Å²) < 4.78 is 11.8. The summed E-state index contributed by atoms with van der Waals surface area (Å²) >= 11 is 1.73. The molecular formula is C17H21N3O2S. The Morgan fingerprint density at radius 1 is 1.26 bits per heavy atom. The molecule has 23 heavy (non-hydrogen) atoms. The van der Waals surface area contributed by atoms with Crippen LogP contribution in [0.15, 0.2) is 36.0 Å². The first-order valence-electron chi connectivity index (χ1n) is 8.16. The normalized spacial score (nSPS) is 27.7. The number of hydrogen-bond acceptors (Lipinski definition) is 6. The van der Waals surface area contributed by atoms with Crippen molar-refractivity contribution >= 4 is 11.3 Å². The average molecular weight is 331 g/mol. The molecule has 0 unspecified atom stereocenters. The smallest absolute Gasteiger partial charge is 0.213 e. The van der Waals surface area contributed by atoms with Gasteiger partial charge in [0.25, 0.3) is 0 Å². The molecule has 1 aliphatic heterocycles. The maximum Gasteiger partial charge on any atom is 0.213 e. The van der Waals surface area contributed by atoms with Crippen molar-refractivity contribution in [2.24, 2.45) is 5.92 Å². The molecule has 2 aromatic rings. The van der Waals surface area contributed by atoms with Crippen molar-refractivity contribution in [3.8, 4) is 5.88 Å². The number of morpholine rings is 1. The van der Waals surface area contributed by atoms with E-state index in [0.29, 0.717) is 23.9 Å². The second-order valence-corrected chi connectivity index (χ2v) is 7.17. The molecule has 2 aliphatic rings. The van der Waals surface area contributed by atoms with Crippen LogP contribution >= 0.6 is 11.3 Å². The minimum absolute atomic E-state index is 0.334. The zero-order valence-electron chi connectivity index (χ0n) is 13.0. The minimum Gasteiger partial charge on any atom is -0.477 e. The minimum atomic E-state index is 0.334. The summed E-state index contributed by atoms with van der Waals surface area (Å²) in [5, 5.41) is 3.24. The van der Waals surface area contributed by atoms with E-state index in [9.17, 15) is 0 Å². The molecule has 1 saturated heterocycles. The molecule has 0 N–H and O–H groups in total. The van der Waals surface area contributed by atoms with Crippen LogP contribution < -0.4 is 4.74 Å². The van der Waals surface area contributed by atoms with Crippen molar-refractivity contribution in [1.82, 2.24) is 14.9 Å². The lowest BCUT2D eigenvalue weighted by Crippen LogP contribution is -2.47. The molecule has 4 rings (SSSR count). The highest BCUT2D eigenvalue weighted by molar-refractivity contribution is 7.09. The monoisotopic (exact) mass is 331 g/mol. The molecule has 0 aromatic carbocycles. The van der Waals surface area contributed by atoms with Gasteiger partial charge in [0.15, 0.2) is 0 Å². The van der Waals surface area contributed by atoms with Crippen LogP contribution in [0.3, 0.4) is 0 Å². The van der Waals surface area contributed by atoms with Crippen molar-refractivity contribution in [2.75, 3.05) is 19.8 Å². The SMILES string of the molecule is c1ccc(OC[C@H]2C[C@@H]3[C@@H](C2)OCCN3Cc2nccs2)nc1. The highest BCUT2D eigenvalue weighted by atomic mass is 32.1. The van der Waals surface area contributed by atoms with E-state index in [4.69, 9.17) is 9.47 Å². The number of rotatable bonds is 5. The van der Waals surface area contributed by atoms with Crippen molar-refractivity contribution in [1.29, 1.82) is 0 Å². The number of thiazole rings is 1. The second kappa shape index (κ2) is 6.95. The highest BCUT2D eigenvalue weighted by Crippen LogP contribution is 2.35. The lowest BCUT2D eigenvalue weighted by Gasteiger charge is -2.37. The number of pyridine rings is 1. The fraction of sp³-hybridized carbons (Fsp3) is 0.529. The Hall–Kier alpha value is -1.50. The molecule has 0 radical (unpaired) electrons. The number of aromatic nitrogens is 2. The Bertz CT molecular complexity index is 608. The summed E-state index contributed by atoms with van der Waals surface area (Å²) in [6, 6.07) is 6.26. The molecule has 1 saturated carbocycles. The predicted octanol–water partition coefficient (Wildman–Crippen LogP) is 2.60. The van der Waals surface area contributed by atoms with Gasteiger partial charge in [-0.15, -0.1) is 11.3 Å². The summed E-state index contributed by atoms with van der Waals surface area (Å²) in [5.41, 5.74) is 0. The standard InChI is InChI=1S/C17H21N3O2S/c1-2-4-18-16(3-1)22-12-13-9-14-15(10-13)21-7-6-20(14)11-17-19-5-8-23-17/h1-5,8,13-15H,6-7,9-12H2/t13-,14+,15+/m0/s1. The van der Waals surface area contributed by atoms with Crippen molar-refractivity contribution in [2.45, 2.75) is 31.5 Å². The Balaban J connectivity index is 1.35. The Morgan fingerprint density at radius 2 is 2.26 bits per heavy atom. The van der Waals surface area contributed by atoms with Crippen LogP contribution in [0.25, 0.3) is 0 Å². The Morgan fingerprint density at radius 3 is 3.09 bits per heavy atom. The fourth-order valence-electron chi connectivity index (χ4n) is 3.60. The number of hydrogen-bond donors (Lipinski definition) is 0. The molecular weight excluding hydrogens is 310 g/mol. The van der Waals surface area contributed by atoms with Gasteiger partial charge in [0.05, 0.1) is 25.9 Å². The zero-order chi connectivity index (χ0) is 15.5. The molecule has 1 aliphatic carbocycles. The Labute approximate surface area is 140 Å². The van der Waals surface area contributed by atoms with Crippen LogP contribution in [0.4, 0.5) is 0 Å². The van der Waals surface area contributed by atoms with Gasteiger partial charge in [-0.25, -0.2) is 9.97 Å². The van der Waals surface area contributed by atoms with Gasteiger partial charge in [0.2, 0.25) is 5.88 Å². The second-order valence-electron chi connectivity index (χ2n) is 6.19. The average Bonchev–Trinajstić information content (AvgIpc) is 3.23. The number of nitrogens with zero attached hydrogens (tertiary/aromatic N) is 3. The molecule has 3 atom stereocenters. The van der Waals surface area contributed by atoms with Gasteiger partial charge in [-0.2, -0.15) is 0 Å². The van der Waals surface area contributed by atoms with E-state index in [2.05, 4.69) is 14.9 Å². The van der Waals surface area contributed by atoms with E-state index in [1.165, 1.54) is 5.01 Å². The molecule has 2 aromatic heterocycles. The summed E-state index contributed by atoms with van der Waals surface area (Å²) in [4.78, 5) is 11.2. The van der Waals surface area contributed by atoms with E-state index in [0.717, 1.165) is 39.1 Å². The van der Waals surface area contributed by atoms with Crippen LogP contribution in [0.5, 0.6) is 5.88 Å². The Kier molecular flexibility index (Phi) is 4.55. The van der Waals surface area contributed by atoms with Crippen molar-refractivity contribution in [3.05, 3.63) is 41.0 Å². The van der Waals surface area contributed by atoms with Crippen LogP contribution in [-0.2, 0) is 11.3 Å². The summed E-state index contributed by atoms with van der Waals surface area (Å²) in [6.45, 7) is 3.48. The molecule has 3 heterocycles. The van der Waals surface area contributed by atoms with E-state index < -0.39 is 0 Å². The van der Waals surface area contributed by atoms with Crippen molar-refractivity contribution in [3.63, 3.8) is 0 Å². The number of fused-ring (bicyclic) bond motifs is 1. The summed E-state index contributed by atoms with van der Waals surface area (Å²) in [6.07, 6.45) is 6.19. The van der Waals surface area contributed by atoms with Crippen LogP contribution in [0.2, 0.25) is 0 Å². The third-order valence-electron chi connectivity index (χ3n) is 4.68. The fourth-order valence-corrected chi connectivity index (χ4v) is 4.24. The first-order valence-corrected chi connectivity index (χ1v) is 9.04. The van der Waals surface area contributed by atoms with Gasteiger partial charge < -0.3 is 9.47 Å². The predicted molar refractivity (Wildman–Crippen MR) is 88.5 cm³/mol. The third kappa shape index (κ3) is 3.54. The van der Waals surface area contributed by atoms with Gasteiger partial charge in [-0.3, -0.25) is 4.90 Å². The quantitative estimate of drug-likeness (QED) is 0.843. The van der Waals surface area contributed by atoms with E-state index >= 15 is 0 Å². The molecule has 0 amide bonds. The van der Waals surface area contributed by atoms with Crippen LogP contribution in [0.1, 0.15) is 17.8 Å². The first kappa shape index (κ1) is 15.1. The molecule has 2 fully saturated rings. The van der Waals surface area contributed by atoms with Crippen molar-refractivity contribution < 1.29 is 9.47 Å².